The minimum Gasteiger partial charge on any atom is -0.448 e. The molecule has 0 bridgehead atoms. The minimum absolute atomic E-state index is 0.389. The standard InChI is InChI=1S/C5H7ClN2O/c6-5-2-1-4(9-5)3-8-7/h1-2,8H,3,7H2. The maximum Gasteiger partial charge on any atom is 0.193 e. The first kappa shape index (κ1) is 6.61. The van der Waals surface area contributed by atoms with Crippen LogP contribution in [0.4, 0.5) is 0 Å². The second-order valence-electron chi connectivity index (χ2n) is 1.59. The van der Waals surface area contributed by atoms with Crippen molar-refractivity contribution in [3.8, 4) is 0 Å². The van der Waals surface area contributed by atoms with Crippen LogP contribution in [0.2, 0.25) is 5.22 Å². The highest BCUT2D eigenvalue weighted by Gasteiger charge is 1.95. The summed E-state index contributed by atoms with van der Waals surface area (Å²) in [7, 11) is 0. The van der Waals surface area contributed by atoms with Crippen molar-refractivity contribution in [1.82, 2.24) is 5.43 Å². The Kier molecular flexibility index (Phi) is 2.10. The molecule has 9 heavy (non-hydrogen) atoms. The van der Waals surface area contributed by atoms with Gasteiger partial charge in [-0.25, -0.2) is 0 Å². The van der Waals surface area contributed by atoms with E-state index in [-0.39, 0.29) is 0 Å². The summed E-state index contributed by atoms with van der Waals surface area (Å²) in [5.74, 6) is 5.76. The Hall–Kier alpha value is -0.510. The molecular weight excluding hydrogens is 140 g/mol. The fourth-order valence-corrected chi connectivity index (χ4v) is 0.709. The van der Waals surface area contributed by atoms with Gasteiger partial charge >= 0.3 is 0 Å². The van der Waals surface area contributed by atoms with Crippen LogP contribution in [0, 0.1) is 0 Å². The number of hydrogen-bond donors (Lipinski definition) is 2. The average Bonchev–Trinajstić information content (AvgIpc) is 2.17. The number of hydrazine groups is 1. The lowest BCUT2D eigenvalue weighted by Gasteiger charge is -1.90. The molecule has 0 aliphatic rings. The van der Waals surface area contributed by atoms with E-state index in [4.69, 9.17) is 21.9 Å². The van der Waals surface area contributed by atoms with E-state index in [0.717, 1.165) is 5.76 Å². The summed E-state index contributed by atoms with van der Waals surface area (Å²) in [5, 5.41) is 0.389. The molecule has 0 saturated heterocycles. The topological polar surface area (TPSA) is 51.2 Å². The van der Waals surface area contributed by atoms with Crippen molar-refractivity contribution in [3.05, 3.63) is 23.1 Å². The molecule has 0 unspecified atom stereocenters. The maximum absolute atomic E-state index is 5.46. The van der Waals surface area contributed by atoms with Crippen LogP contribution in [0.25, 0.3) is 0 Å². The molecule has 0 aliphatic heterocycles. The Morgan fingerprint density at radius 1 is 1.67 bits per heavy atom. The third-order valence-corrected chi connectivity index (χ3v) is 1.11. The van der Waals surface area contributed by atoms with Crippen LogP contribution in [0.15, 0.2) is 16.5 Å². The highest BCUT2D eigenvalue weighted by Crippen LogP contribution is 2.11. The van der Waals surface area contributed by atoms with E-state index in [1.807, 2.05) is 0 Å². The van der Waals surface area contributed by atoms with Gasteiger partial charge in [0.25, 0.3) is 0 Å². The monoisotopic (exact) mass is 146 g/mol. The number of halogens is 1. The molecule has 0 saturated carbocycles. The van der Waals surface area contributed by atoms with Gasteiger partial charge in [-0.2, -0.15) is 0 Å². The number of nitrogens with one attached hydrogen (secondary N) is 1. The Bertz CT molecular complexity index is 187. The molecule has 0 spiro atoms. The van der Waals surface area contributed by atoms with E-state index in [2.05, 4.69) is 5.43 Å². The summed E-state index contributed by atoms with van der Waals surface area (Å²) < 4.78 is 4.95. The SMILES string of the molecule is NNCc1ccc(Cl)o1. The molecule has 1 heterocycles. The molecule has 0 atom stereocenters. The van der Waals surface area contributed by atoms with Crippen LogP contribution >= 0.6 is 11.6 Å². The zero-order valence-corrected chi connectivity index (χ0v) is 5.48. The van der Waals surface area contributed by atoms with Crippen LogP contribution in [0.3, 0.4) is 0 Å². The predicted octanol–water partition coefficient (Wildman–Crippen LogP) is 0.896. The molecule has 0 radical (unpaired) electrons. The van der Waals surface area contributed by atoms with E-state index in [0.29, 0.717) is 11.8 Å². The van der Waals surface area contributed by atoms with Crippen LogP contribution < -0.4 is 11.3 Å². The van der Waals surface area contributed by atoms with Crippen LogP contribution in [0.5, 0.6) is 0 Å². The third-order valence-electron chi connectivity index (χ3n) is 0.905. The summed E-state index contributed by atoms with van der Waals surface area (Å²) in [5.41, 5.74) is 2.44. The lowest BCUT2D eigenvalue weighted by atomic mass is 10.5. The average molecular weight is 147 g/mol. The van der Waals surface area contributed by atoms with Gasteiger partial charge in [-0.1, -0.05) is 0 Å². The normalized spacial score (nSPS) is 10.0. The van der Waals surface area contributed by atoms with Gasteiger partial charge in [0.05, 0.1) is 6.54 Å². The second kappa shape index (κ2) is 2.87. The molecule has 0 fully saturated rings. The molecule has 50 valence electrons. The van der Waals surface area contributed by atoms with Gasteiger partial charge in [0.2, 0.25) is 0 Å². The molecule has 0 aliphatic carbocycles. The Morgan fingerprint density at radius 3 is 2.89 bits per heavy atom. The molecular formula is C5H7ClN2O. The molecule has 3 nitrogen and oxygen atoms in total. The lowest BCUT2D eigenvalue weighted by Crippen LogP contribution is -2.20. The molecule has 3 N–H and O–H groups in total. The van der Waals surface area contributed by atoms with Crippen LogP contribution in [-0.2, 0) is 6.54 Å². The Balaban J connectivity index is 2.61. The quantitative estimate of drug-likeness (QED) is 0.482. The van der Waals surface area contributed by atoms with Crippen molar-refractivity contribution in [2.24, 2.45) is 5.84 Å². The first-order valence-electron chi connectivity index (χ1n) is 2.50. The van der Waals surface area contributed by atoms with Gasteiger partial charge in [-0.05, 0) is 23.7 Å². The zero-order valence-electron chi connectivity index (χ0n) is 4.73. The van der Waals surface area contributed by atoms with Crippen LogP contribution in [0.1, 0.15) is 5.76 Å². The Morgan fingerprint density at radius 2 is 2.44 bits per heavy atom. The highest BCUT2D eigenvalue weighted by molar-refractivity contribution is 6.28. The minimum atomic E-state index is 0.389. The van der Waals surface area contributed by atoms with Crippen LogP contribution in [-0.4, -0.2) is 0 Å². The van der Waals surface area contributed by atoms with Gasteiger partial charge in [0.15, 0.2) is 5.22 Å². The first-order chi connectivity index (χ1) is 4.33. The van der Waals surface area contributed by atoms with Gasteiger partial charge in [-0.3, -0.25) is 11.3 Å². The fraction of sp³-hybridized carbons (Fsp3) is 0.200. The summed E-state index contributed by atoms with van der Waals surface area (Å²) in [6.45, 7) is 0.507. The summed E-state index contributed by atoms with van der Waals surface area (Å²) in [4.78, 5) is 0. The smallest absolute Gasteiger partial charge is 0.193 e. The number of hydrogen-bond acceptors (Lipinski definition) is 3. The lowest BCUT2D eigenvalue weighted by molar-refractivity contribution is 0.489. The maximum atomic E-state index is 5.46. The van der Waals surface area contributed by atoms with E-state index in [9.17, 15) is 0 Å². The second-order valence-corrected chi connectivity index (χ2v) is 1.96. The predicted molar refractivity (Wildman–Crippen MR) is 34.7 cm³/mol. The summed E-state index contributed by atoms with van der Waals surface area (Å²) in [6, 6.07) is 3.44. The van der Waals surface area contributed by atoms with Crippen molar-refractivity contribution in [2.75, 3.05) is 0 Å². The number of furan rings is 1. The molecule has 4 heteroatoms. The molecule has 1 rings (SSSR count). The molecule has 0 amide bonds. The largest absolute Gasteiger partial charge is 0.448 e. The molecule has 1 aromatic rings. The van der Waals surface area contributed by atoms with Gasteiger partial charge in [0, 0.05) is 0 Å². The highest BCUT2D eigenvalue weighted by atomic mass is 35.5. The summed E-state index contributed by atoms with van der Waals surface area (Å²) in [6.07, 6.45) is 0. The molecule has 0 aromatic carbocycles. The number of rotatable bonds is 2. The van der Waals surface area contributed by atoms with E-state index in [1.54, 1.807) is 12.1 Å². The number of nitrogens with two attached hydrogens (primary N) is 1. The summed E-state index contributed by atoms with van der Waals surface area (Å²) >= 11 is 5.46. The van der Waals surface area contributed by atoms with Gasteiger partial charge in [0.1, 0.15) is 5.76 Å². The van der Waals surface area contributed by atoms with Crippen molar-refractivity contribution >= 4 is 11.6 Å². The van der Waals surface area contributed by atoms with Crippen molar-refractivity contribution in [3.63, 3.8) is 0 Å². The van der Waals surface area contributed by atoms with Crippen molar-refractivity contribution < 1.29 is 4.42 Å². The van der Waals surface area contributed by atoms with Gasteiger partial charge < -0.3 is 4.42 Å². The van der Waals surface area contributed by atoms with E-state index < -0.39 is 0 Å². The van der Waals surface area contributed by atoms with E-state index in [1.165, 1.54) is 0 Å². The fourth-order valence-electron chi connectivity index (χ4n) is 0.547. The zero-order chi connectivity index (χ0) is 6.69. The van der Waals surface area contributed by atoms with Crippen molar-refractivity contribution in [2.45, 2.75) is 6.54 Å². The van der Waals surface area contributed by atoms with Gasteiger partial charge in [-0.15, -0.1) is 0 Å². The molecule has 1 aromatic heterocycles. The third kappa shape index (κ3) is 1.71. The van der Waals surface area contributed by atoms with Crippen molar-refractivity contribution in [1.29, 1.82) is 0 Å². The first-order valence-corrected chi connectivity index (χ1v) is 2.88. The Labute approximate surface area is 57.8 Å². The van der Waals surface area contributed by atoms with E-state index >= 15 is 0 Å².